The Balaban J connectivity index is 1.60. The van der Waals surface area contributed by atoms with E-state index in [9.17, 15) is 13.2 Å². The van der Waals surface area contributed by atoms with E-state index in [0.717, 1.165) is 24.0 Å². The summed E-state index contributed by atoms with van der Waals surface area (Å²) in [6.45, 7) is 1.89. The van der Waals surface area contributed by atoms with E-state index in [2.05, 4.69) is 29.0 Å². The Hall–Kier alpha value is -1.56. The van der Waals surface area contributed by atoms with Crippen molar-refractivity contribution in [1.29, 1.82) is 0 Å². The first-order valence-corrected chi connectivity index (χ1v) is 8.82. The Kier molecular flexibility index (Phi) is 4.90. The minimum absolute atomic E-state index is 0.0261. The highest BCUT2D eigenvalue weighted by Gasteiger charge is 2.38. The molecule has 0 aliphatic heterocycles. The van der Waals surface area contributed by atoms with Crippen molar-refractivity contribution in [2.24, 2.45) is 5.92 Å². The lowest BCUT2D eigenvalue weighted by atomic mass is 10.0. The third-order valence-corrected chi connectivity index (χ3v) is 4.99. The summed E-state index contributed by atoms with van der Waals surface area (Å²) >= 11 is -2.19. The number of hydrogen-bond acceptors (Lipinski definition) is 2. The number of nitrogens with one attached hydrogen (secondary N) is 1. The molecule has 0 spiro atoms. The fourth-order valence-corrected chi connectivity index (χ4v) is 3.57. The van der Waals surface area contributed by atoms with Gasteiger partial charge in [0.05, 0.1) is 0 Å². The summed E-state index contributed by atoms with van der Waals surface area (Å²) in [5, 5.41) is 0. The molecule has 122 valence electrons. The van der Waals surface area contributed by atoms with Crippen molar-refractivity contribution in [3.05, 3.63) is 59.9 Å². The third kappa shape index (κ3) is 4.25. The average Bonchev–Trinajstić information content (AvgIpc) is 3.26. The molecule has 3 rings (SSSR count). The molecule has 4 atom stereocenters. The number of rotatable bonds is 6. The van der Waals surface area contributed by atoms with Crippen LogP contribution in [0, 0.1) is 11.7 Å². The minimum atomic E-state index is -2.19. The van der Waals surface area contributed by atoms with Crippen LogP contribution in [-0.2, 0) is 11.3 Å². The highest BCUT2D eigenvalue weighted by Crippen LogP contribution is 2.50. The Bertz CT molecular complexity index is 687. The zero-order chi connectivity index (χ0) is 16.4. The molecule has 2 aromatic carbocycles. The molecule has 1 aliphatic carbocycles. The van der Waals surface area contributed by atoms with Crippen LogP contribution in [0.5, 0.6) is 0 Å². The van der Waals surface area contributed by atoms with Crippen LogP contribution in [0.25, 0.3) is 11.1 Å². The summed E-state index contributed by atoms with van der Waals surface area (Å²) in [5.74, 6) is 0.826. The molecule has 5 heteroatoms. The molecule has 23 heavy (non-hydrogen) atoms. The maximum Gasteiger partial charge on any atom is 0.123 e. The zero-order valence-electron chi connectivity index (χ0n) is 12.9. The molecular weight excluding hydrogens is 313 g/mol. The summed E-state index contributed by atoms with van der Waals surface area (Å²) in [6, 6.07) is 14.8. The van der Waals surface area contributed by atoms with Crippen LogP contribution >= 0.6 is 0 Å². The summed E-state index contributed by atoms with van der Waals surface area (Å²) < 4.78 is 36.7. The van der Waals surface area contributed by atoms with Crippen LogP contribution < -0.4 is 4.72 Å². The van der Waals surface area contributed by atoms with Crippen molar-refractivity contribution in [2.75, 3.05) is 0 Å². The molecule has 1 aliphatic rings. The van der Waals surface area contributed by atoms with Gasteiger partial charge < -0.3 is 4.55 Å². The number of hydrogen-bond donors (Lipinski definition) is 1. The molecule has 1 fully saturated rings. The van der Waals surface area contributed by atoms with E-state index in [1.54, 1.807) is 12.1 Å². The van der Waals surface area contributed by atoms with Crippen molar-refractivity contribution in [2.45, 2.75) is 31.7 Å². The first kappa shape index (κ1) is 16.3. The molecule has 1 N–H and O–H groups in total. The van der Waals surface area contributed by atoms with Crippen LogP contribution in [0.3, 0.4) is 0 Å². The third-order valence-electron chi connectivity index (χ3n) is 4.39. The van der Waals surface area contributed by atoms with E-state index < -0.39 is 11.3 Å². The summed E-state index contributed by atoms with van der Waals surface area (Å²) in [6.07, 6.45) is 1.96. The average molecular weight is 332 g/mol. The fraction of sp³-hybridized carbons (Fsp3) is 0.333. The van der Waals surface area contributed by atoms with Gasteiger partial charge in [0.1, 0.15) is 5.82 Å². The number of benzene rings is 2. The first-order valence-electron chi connectivity index (χ1n) is 7.74. The predicted octanol–water partition coefficient (Wildman–Crippen LogP) is 3.76. The molecule has 0 radical (unpaired) electrons. The highest BCUT2D eigenvalue weighted by atomic mass is 32.2. The standard InChI is InChI=1S/C18H20FNO2S/c1-12(20-23(21)22)10-16-11-18(16)15-4-2-13(3-5-15)14-6-8-17(19)9-7-14/h2-9,12,16,18,20H,10-11H2,1H3,(H,21,22)/p-1. The van der Waals surface area contributed by atoms with Gasteiger partial charge in [-0.1, -0.05) is 36.4 Å². The van der Waals surface area contributed by atoms with E-state index in [1.807, 2.05) is 6.92 Å². The maximum atomic E-state index is 13.0. The van der Waals surface area contributed by atoms with Crippen LogP contribution in [0.4, 0.5) is 4.39 Å². The van der Waals surface area contributed by atoms with Gasteiger partial charge in [0.15, 0.2) is 0 Å². The van der Waals surface area contributed by atoms with Gasteiger partial charge in [-0.3, -0.25) is 4.21 Å². The molecule has 3 nitrogen and oxygen atoms in total. The van der Waals surface area contributed by atoms with Gasteiger partial charge in [-0.05, 0) is 60.4 Å². The second-order valence-corrected chi connectivity index (χ2v) is 6.93. The van der Waals surface area contributed by atoms with Crippen LogP contribution in [0.15, 0.2) is 48.5 Å². The SMILES string of the molecule is CC(CC1CC1c1ccc(-c2ccc(F)cc2)cc1)NS(=O)[O-]. The predicted molar refractivity (Wildman–Crippen MR) is 88.8 cm³/mol. The molecule has 2 aromatic rings. The Morgan fingerprint density at radius 3 is 2.30 bits per heavy atom. The Morgan fingerprint density at radius 2 is 1.74 bits per heavy atom. The molecule has 0 saturated heterocycles. The monoisotopic (exact) mass is 332 g/mol. The molecule has 0 amide bonds. The lowest BCUT2D eigenvalue weighted by Crippen LogP contribution is -2.28. The lowest BCUT2D eigenvalue weighted by molar-refractivity contribution is 0.490. The van der Waals surface area contributed by atoms with Gasteiger partial charge in [0.2, 0.25) is 0 Å². The number of halogens is 1. The zero-order valence-corrected chi connectivity index (χ0v) is 13.7. The van der Waals surface area contributed by atoms with Gasteiger partial charge in [-0.2, -0.15) is 0 Å². The van der Waals surface area contributed by atoms with Gasteiger partial charge >= 0.3 is 0 Å². The molecule has 4 unspecified atom stereocenters. The van der Waals surface area contributed by atoms with E-state index in [4.69, 9.17) is 0 Å². The topological polar surface area (TPSA) is 52.2 Å². The van der Waals surface area contributed by atoms with E-state index in [-0.39, 0.29) is 11.9 Å². The normalized spacial score (nSPS) is 22.6. The van der Waals surface area contributed by atoms with Crippen molar-refractivity contribution in [1.82, 2.24) is 4.72 Å². The van der Waals surface area contributed by atoms with Gasteiger partial charge in [-0.25, -0.2) is 9.11 Å². The minimum Gasteiger partial charge on any atom is -0.760 e. The van der Waals surface area contributed by atoms with Crippen molar-refractivity contribution >= 4 is 11.3 Å². The highest BCUT2D eigenvalue weighted by molar-refractivity contribution is 7.77. The summed E-state index contributed by atoms with van der Waals surface area (Å²) in [4.78, 5) is 0. The summed E-state index contributed by atoms with van der Waals surface area (Å²) in [5.41, 5.74) is 3.36. The first-order chi connectivity index (χ1) is 11.0. The Labute approximate surface area is 138 Å². The van der Waals surface area contributed by atoms with E-state index in [1.165, 1.54) is 17.7 Å². The summed E-state index contributed by atoms with van der Waals surface area (Å²) in [7, 11) is 0. The van der Waals surface area contributed by atoms with Gasteiger partial charge in [0, 0.05) is 17.3 Å². The quantitative estimate of drug-likeness (QED) is 0.819. The largest absolute Gasteiger partial charge is 0.760 e. The van der Waals surface area contributed by atoms with Gasteiger partial charge in [-0.15, -0.1) is 0 Å². The van der Waals surface area contributed by atoms with Crippen LogP contribution in [-0.4, -0.2) is 14.8 Å². The van der Waals surface area contributed by atoms with Crippen molar-refractivity contribution < 1.29 is 13.2 Å². The second-order valence-electron chi connectivity index (χ2n) is 6.22. The molecule has 1 saturated carbocycles. The second kappa shape index (κ2) is 6.91. The van der Waals surface area contributed by atoms with Gasteiger partial charge in [0.25, 0.3) is 0 Å². The van der Waals surface area contributed by atoms with Crippen LogP contribution in [0.1, 0.15) is 31.2 Å². The maximum absolute atomic E-state index is 13.0. The van der Waals surface area contributed by atoms with Crippen molar-refractivity contribution in [3.8, 4) is 11.1 Å². The molecule has 0 aromatic heterocycles. The molecule has 0 heterocycles. The van der Waals surface area contributed by atoms with E-state index >= 15 is 0 Å². The molecular formula is C18H19FNO2S-. The fourth-order valence-electron chi connectivity index (χ4n) is 3.15. The lowest BCUT2D eigenvalue weighted by Gasteiger charge is -2.15. The van der Waals surface area contributed by atoms with Crippen molar-refractivity contribution in [3.63, 3.8) is 0 Å². The van der Waals surface area contributed by atoms with E-state index in [0.29, 0.717) is 11.8 Å². The smallest absolute Gasteiger partial charge is 0.123 e. The van der Waals surface area contributed by atoms with Crippen LogP contribution in [0.2, 0.25) is 0 Å². The Morgan fingerprint density at radius 1 is 1.17 bits per heavy atom. The molecule has 0 bridgehead atoms.